The van der Waals surface area contributed by atoms with E-state index in [0.717, 1.165) is 5.56 Å². The third-order valence-electron chi connectivity index (χ3n) is 4.24. The number of aromatic nitrogens is 2. The Hall–Kier alpha value is -2.25. The fourth-order valence-electron chi connectivity index (χ4n) is 2.56. The van der Waals surface area contributed by atoms with E-state index in [1.807, 2.05) is 54.1 Å². The van der Waals surface area contributed by atoms with Crippen LogP contribution in [0.1, 0.15) is 18.9 Å². The standard InChI is InChI=1S/C17H22N4O3/c1-13(20(2)12-15(22)21-8-10-23-11-9-21)17-18-16(19-24-17)14-6-4-3-5-7-14/h3-7,13H,8-12H2,1-2H3. The number of carbonyl (C=O) groups is 1. The lowest BCUT2D eigenvalue weighted by molar-refractivity contribution is -0.136. The highest BCUT2D eigenvalue weighted by atomic mass is 16.5. The highest BCUT2D eigenvalue weighted by Crippen LogP contribution is 2.21. The van der Waals surface area contributed by atoms with Crippen molar-refractivity contribution in [2.24, 2.45) is 0 Å². The van der Waals surface area contributed by atoms with Gasteiger partial charge in [-0.2, -0.15) is 4.98 Å². The molecule has 7 heteroatoms. The van der Waals surface area contributed by atoms with E-state index in [2.05, 4.69) is 10.1 Å². The Kier molecular flexibility index (Phi) is 5.22. The smallest absolute Gasteiger partial charge is 0.244 e. The molecule has 0 aliphatic carbocycles. The van der Waals surface area contributed by atoms with Gasteiger partial charge in [-0.25, -0.2) is 0 Å². The summed E-state index contributed by atoms with van der Waals surface area (Å²) >= 11 is 0. The second kappa shape index (κ2) is 7.55. The van der Waals surface area contributed by atoms with Crippen molar-refractivity contribution in [1.82, 2.24) is 19.9 Å². The van der Waals surface area contributed by atoms with Crippen LogP contribution in [0.2, 0.25) is 0 Å². The molecule has 1 aliphatic heterocycles. The number of carbonyl (C=O) groups excluding carboxylic acids is 1. The van der Waals surface area contributed by atoms with Gasteiger partial charge in [0.05, 0.1) is 25.8 Å². The van der Waals surface area contributed by atoms with Gasteiger partial charge < -0.3 is 14.2 Å². The number of ether oxygens (including phenoxy) is 1. The molecule has 128 valence electrons. The fourth-order valence-corrected chi connectivity index (χ4v) is 2.56. The Bertz CT molecular complexity index is 667. The summed E-state index contributed by atoms with van der Waals surface area (Å²) in [4.78, 5) is 20.5. The van der Waals surface area contributed by atoms with Crippen LogP contribution in [0.25, 0.3) is 11.4 Å². The molecule has 0 N–H and O–H groups in total. The molecule has 1 aromatic carbocycles. The number of morpholine rings is 1. The SMILES string of the molecule is CC(c1nc(-c2ccccc2)no1)N(C)CC(=O)N1CCOCC1. The summed E-state index contributed by atoms with van der Waals surface area (Å²) in [6.45, 7) is 4.78. The molecule has 7 nitrogen and oxygen atoms in total. The second-order valence-electron chi connectivity index (χ2n) is 5.91. The minimum Gasteiger partial charge on any atom is -0.378 e. The molecule has 0 radical (unpaired) electrons. The van der Waals surface area contributed by atoms with Gasteiger partial charge in [-0.3, -0.25) is 9.69 Å². The van der Waals surface area contributed by atoms with Crippen molar-refractivity contribution in [1.29, 1.82) is 0 Å². The molecule has 1 fully saturated rings. The van der Waals surface area contributed by atoms with E-state index in [4.69, 9.17) is 9.26 Å². The van der Waals surface area contributed by atoms with Crippen LogP contribution in [0.15, 0.2) is 34.9 Å². The minimum atomic E-state index is -0.139. The van der Waals surface area contributed by atoms with Gasteiger partial charge in [0.2, 0.25) is 17.6 Å². The quantitative estimate of drug-likeness (QED) is 0.829. The Morgan fingerprint density at radius 3 is 2.71 bits per heavy atom. The lowest BCUT2D eigenvalue weighted by atomic mass is 10.2. The molecule has 0 saturated carbocycles. The van der Waals surface area contributed by atoms with Gasteiger partial charge in [0.1, 0.15) is 0 Å². The predicted molar refractivity (Wildman–Crippen MR) is 88.2 cm³/mol. The van der Waals surface area contributed by atoms with E-state index in [-0.39, 0.29) is 11.9 Å². The largest absolute Gasteiger partial charge is 0.378 e. The van der Waals surface area contributed by atoms with Crippen molar-refractivity contribution in [3.63, 3.8) is 0 Å². The summed E-state index contributed by atoms with van der Waals surface area (Å²) in [6.07, 6.45) is 0. The van der Waals surface area contributed by atoms with E-state index in [1.54, 1.807) is 0 Å². The van der Waals surface area contributed by atoms with Crippen molar-refractivity contribution in [3.8, 4) is 11.4 Å². The van der Waals surface area contributed by atoms with Crippen molar-refractivity contribution in [2.75, 3.05) is 39.9 Å². The molecule has 1 aromatic heterocycles. The molecule has 2 heterocycles. The van der Waals surface area contributed by atoms with Crippen LogP contribution >= 0.6 is 0 Å². The van der Waals surface area contributed by atoms with E-state index < -0.39 is 0 Å². The van der Waals surface area contributed by atoms with Gasteiger partial charge >= 0.3 is 0 Å². The first-order valence-corrected chi connectivity index (χ1v) is 8.10. The Balaban J connectivity index is 1.62. The molecule has 1 aliphatic rings. The van der Waals surface area contributed by atoms with Gasteiger partial charge in [0, 0.05) is 18.7 Å². The second-order valence-corrected chi connectivity index (χ2v) is 5.91. The maximum absolute atomic E-state index is 12.3. The summed E-state index contributed by atoms with van der Waals surface area (Å²) in [5, 5.41) is 4.03. The lowest BCUT2D eigenvalue weighted by Gasteiger charge is -2.29. The van der Waals surface area contributed by atoms with E-state index in [1.165, 1.54) is 0 Å². The third-order valence-corrected chi connectivity index (χ3v) is 4.24. The highest BCUT2D eigenvalue weighted by molar-refractivity contribution is 5.78. The van der Waals surface area contributed by atoms with Gasteiger partial charge in [-0.05, 0) is 14.0 Å². The number of hydrogen-bond donors (Lipinski definition) is 0. The van der Waals surface area contributed by atoms with Crippen molar-refractivity contribution in [2.45, 2.75) is 13.0 Å². The molecule has 1 unspecified atom stereocenters. The first-order chi connectivity index (χ1) is 11.6. The first-order valence-electron chi connectivity index (χ1n) is 8.10. The average molecular weight is 330 g/mol. The molecule has 24 heavy (non-hydrogen) atoms. The summed E-state index contributed by atoms with van der Waals surface area (Å²) in [5.41, 5.74) is 0.909. The zero-order valence-corrected chi connectivity index (χ0v) is 14.0. The summed E-state index contributed by atoms with van der Waals surface area (Å²) in [6, 6.07) is 9.54. The van der Waals surface area contributed by atoms with Crippen LogP contribution in [0.5, 0.6) is 0 Å². The molecule has 2 aromatic rings. The minimum absolute atomic E-state index is 0.0930. The zero-order chi connectivity index (χ0) is 16.9. The number of hydrogen-bond acceptors (Lipinski definition) is 6. The van der Waals surface area contributed by atoms with Crippen LogP contribution in [-0.2, 0) is 9.53 Å². The summed E-state index contributed by atoms with van der Waals surface area (Å²) < 4.78 is 10.7. The molecular formula is C17H22N4O3. The number of rotatable bonds is 5. The number of nitrogens with zero attached hydrogens (tertiary/aromatic N) is 4. The molecule has 1 saturated heterocycles. The van der Waals surface area contributed by atoms with Crippen LogP contribution in [-0.4, -0.2) is 65.7 Å². The van der Waals surface area contributed by atoms with Crippen LogP contribution in [0.3, 0.4) is 0 Å². The van der Waals surface area contributed by atoms with Gasteiger partial charge in [-0.1, -0.05) is 35.5 Å². The van der Waals surface area contributed by atoms with Crippen LogP contribution in [0, 0.1) is 0 Å². The molecule has 0 spiro atoms. The highest BCUT2D eigenvalue weighted by Gasteiger charge is 2.24. The maximum Gasteiger partial charge on any atom is 0.244 e. The average Bonchev–Trinajstić information content (AvgIpc) is 3.12. The van der Waals surface area contributed by atoms with Gasteiger partial charge in [-0.15, -0.1) is 0 Å². The summed E-state index contributed by atoms with van der Waals surface area (Å²) in [5.74, 6) is 1.16. The third kappa shape index (κ3) is 3.80. The Morgan fingerprint density at radius 2 is 2.00 bits per heavy atom. The number of likely N-dealkylation sites (N-methyl/N-ethyl adjacent to an activating group) is 1. The topological polar surface area (TPSA) is 71.7 Å². The molecule has 0 bridgehead atoms. The van der Waals surface area contributed by atoms with E-state index >= 15 is 0 Å². The lowest BCUT2D eigenvalue weighted by Crippen LogP contribution is -2.45. The van der Waals surface area contributed by atoms with Crippen LogP contribution in [0.4, 0.5) is 0 Å². The van der Waals surface area contributed by atoms with Crippen LogP contribution < -0.4 is 0 Å². The Labute approximate surface area is 141 Å². The zero-order valence-electron chi connectivity index (χ0n) is 14.0. The van der Waals surface area contributed by atoms with Crippen molar-refractivity contribution < 1.29 is 14.1 Å². The van der Waals surface area contributed by atoms with Crippen molar-refractivity contribution >= 4 is 5.91 Å². The van der Waals surface area contributed by atoms with Gasteiger partial charge in [0.15, 0.2) is 0 Å². The normalized spacial score (nSPS) is 16.4. The molecular weight excluding hydrogens is 308 g/mol. The van der Waals surface area contributed by atoms with Crippen molar-refractivity contribution in [3.05, 3.63) is 36.2 Å². The number of benzene rings is 1. The first kappa shape index (κ1) is 16.6. The van der Waals surface area contributed by atoms with Gasteiger partial charge in [0.25, 0.3) is 0 Å². The monoisotopic (exact) mass is 330 g/mol. The maximum atomic E-state index is 12.3. The fraction of sp³-hybridized carbons (Fsp3) is 0.471. The van der Waals surface area contributed by atoms with E-state index in [9.17, 15) is 4.79 Å². The molecule has 1 atom stereocenters. The predicted octanol–water partition coefficient (Wildman–Crippen LogP) is 1.59. The Morgan fingerprint density at radius 1 is 1.29 bits per heavy atom. The molecule has 1 amide bonds. The van der Waals surface area contributed by atoms with E-state index in [0.29, 0.717) is 44.6 Å². The number of amides is 1. The summed E-state index contributed by atoms with van der Waals surface area (Å²) in [7, 11) is 1.88. The molecule has 3 rings (SSSR count).